The molecule has 180 valence electrons. The van der Waals surface area contributed by atoms with Gasteiger partial charge in [0.25, 0.3) is 15.7 Å². The van der Waals surface area contributed by atoms with Gasteiger partial charge in [0.05, 0.1) is 4.90 Å². The number of benzene rings is 1. The molecule has 1 aromatic carbocycles. The van der Waals surface area contributed by atoms with Gasteiger partial charge >= 0.3 is 5.51 Å². The fourth-order valence-electron chi connectivity index (χ4n) is 3.82. The number of sulfone groups is 1. The summed E-state index contributed by atoms with van der Waals surface area (Å²) in [6.07, 6.45) is 0.957. The van der Waals surface area contributed by atoms with Crippen LogP contribution in [0.1, 0.15) is 37.0 Å². The van der Waals surface area contributed by atoms with E-state index in [0.29, 0.717) is 32.5 Å². The third-order valence-corrected chi connectivity index (χ3v) is 6.86. The van der Waals surface area contributed by atoms with Gasteiger partial charge in [-0.2, -0.15) is 13.2 Å². The summed E-state index contributed by atoms with van der Waals surface area (Å²) in [6, 6.07) is 3.72. The van der Waals surface area contributed by atoms with Crippen LogP contribution in [-0.4, -0.2) is 75.8 Å². The van der Waals surface area contributed by atoms with E-state index in [1.54, 1.807) is 0 Å². The zero-order valence-electron chi connectivity index (χ0n) is 18.7. The molecule has 1 aliphatic rings. The minimum atomic E-state index is -5.46. The van der Waals surface area contributed by atoms with Gasteiger partial charge in [0.15, 0.2) is 0 Å². The van der Waals surface area contributed by atoms with E-state index in [9.17, 15) is 31.2 Å². The van der Waals surface area contributed by atoms with Gasteiger partial charge in [-0.3, -0.25) is 9.59 Å². The molecule has 32 heavy (non-hydrogen) atoms. The Hall–Kier alpha value is -2.14. The summed E-state index contributed by atoms with van der Waals surface area (Å²) < 4.78 is 60.8. The van der Waals surface area contributed by atoms with E-state index in [2.05, 4.69) is 24.1 Å². The molecule has 2 rings (SSSR count). The molecule has 2 amide bonds. The Morgan fingerprint density at radius 3 is 2.09 bits per heavy atom. The number of halogens is 3. The summed E-state index contributed by atoms with van der Waals surface area (Å²) in [5.74, 6) is -0.675. The molecule has 0 aromatic heterocycles. The van der Waals surface area contributed by atoms with Crippen molar-refractivity contribution in [1.29, 1.82) is 0 Å². The molecular weight excluding hydrogens is 447 g/mol. The predicted octanol–water partition coefficient (Wildman–Crippen LogP) is 2.54. The van der Waals surface area contributed by atoms with Gasteiger partial charge in [-0.1, -0.05) is 13.8 Å². The maximum absolute atomic E-state index is 12.6. The molecule has 0 atom stereocenters. The SMILES string of the molecule is CN(C)CC(C)(C)CNC(=O)C1CCN(C(=O)c2ccc(S(=O)(=O)C(F)(F)F)cc2)CC1. The van der Waals surface area contributed by atoms with Crippen molar-refractivity contribution in [1.82, 2.24) is 15.1 Å². The average Bonchev–Trinajstić information content (AvgIpc) is 2.70. The highest BCUT2D eigenvalue weighted by atomic mass is 32.2. The second-order valence-electron chi connectivity index (χ2n) is 9.16. The maximum atomic E-state index is 12.6. The van der Waals surface area contributed by atoms with Crippen molar-refractivity contribution in [2.24, 2.45) is 11.3 Å². The lowest BCUT2D eigenvalue weighted by Gasteiger charge is -2.33. The highest BCUT2D eigenvalue weighted by Crippen LogP contribution is 2.30. The van der Waals surface area contributed by atoms with Gasteiger partial charge in [-0.05, 0) is 56.6 Å². The van der Waals surface area contributed by atoms with Crippen LogP contribution in [0.15, 0.2) is 29.2 Å². The lowest BCUT2D eigenvalue weighted by Crippen LogP contribution is -2.46. The summed E-state index contributed by atoms with van der Waals surface area (Å²) >= 11 is 0. The van der Waals surface area contributed by atoms with Crippen molar-refractivity contribution >= 4 is 21.7 Å². The molecule has 0 radical (unpaired) electrons. The fourth-order valence-corrected chi connectivity index (χ4v) is 4.58. The van der Waals surface area contributed by atoms with Crippen molar-refractivity contribution < 1.29 is 31.2 Å². The molecule has 0 spiro atoms. The van der Waals surface area contributed by atoms with Crippen molar-refractivity contribution in [3.63, 3.8) is 0 Å². The number of amides is 2. The van der Waals surface area contributed by atoms with Crippen LogP contribution in [0.4, 0.5) is 13.2 Å². The van der Waals surface area contributed by atoms with Crippen LogP contribution in [0.5, 0.6) is 0 Å². The Labute approximate surface area is 186 Å². The lowest BCUT2D eigenvalue weighted by molar-refractivity contribution is -0.126. The monoisotopic (exact) mass is 477 g/mol. The molecule has 1 heterocycles. The summed E-state index contributed by atoms with van der Waals surface area (Å²) in [6.45, 7) is 6.17. The minimum absolute atomic E-state index is 0.0503. The number of likely N-dealkylation sites (tertiary alicyclic amines) is 1. The van der Waals surface area contributed by atoms with E-state index < -0.39 is 26.1 Å². The molecule has 11 heteroatoms. The quantitative estimate of drug-likeness (QED) is 0.652. The molecule has 0 unspecified atom stereocenters. The van der Waals surface area contributed by atoms with Crippen molar-refractivity contribution in [3.05, 3.63) is 29.8 Å². The molecule has 1 fully saturated rings. The first kappa shape index (κ1) is 26.1. The number of nitrogens with one attached hydrogen (secondary N) is 1. The molecule has 0 saturated carbocycles. The first-order valence-corrected chi connectivity index (χ1v) is 11.8. The van der Waals surface area contributed by atoms with Crippen LogP contribution in [0.3, 0.4) is 0 Å². The smallest absolute Gasteiger partial charge is 0.355 e. The van der Waals surface area contributed by atoms with Crippen LogP contribution >= 0.6 is 0 Å². The summed E-state index contributed by atoms with van der Waals surface area (Å²) in [5, 5.41) is 2.99. The second kappa shape index (κ2) is 9.78. The third-order valence-electron chi connectivity index (χ3n) is 5.35. The number of piperidine rings is 1. The molecule has 1 aliphatic heterocycles. The van der Waals surface area contributed by atoms with Gasteiger partial charge < -0.3 is 15.1 Å². The van der Waals surface area contributed by atoms with Crippen LogP contribution < -0.4 is 5.32 Å². The first-order chi connectivity index (χ1) is 14.6. The Bertz CT molecular complexity index is 921. The van der Waals surface area contributed by atoms with E-state index in [0.717, 1.165) is 30.8 Å². The van der Waals surface area contributed by atoms with Crippen molar-refractivity contribution in [2.75, 3.05) is 40.3 Å². The van der Waals surface area contributed by atoms with Crippen molar-refractivity contribution in [2.45, 2.75) is 37.1 Å². The lowest BCUT2D eigenvalue weighted by atomic mass is 9.91. The first-order valence-electron chi connectivity index (χ1n) is 10.3. The Balaban J connectivity index is 1.92. The van der Waals surface area contributed by atoms with Gasteiger partial charge in [0.2, 0.25) is 5.91 Å². The topological polar surface area (TPSA) is 86.8 Å². The van der Waals surface area contributed by atoms with Crippen LogP contribution in [0.2, 0.25) is 0 Å². The number of alkyl halides is 3. The molecular formula is C21H30F3N3O4S. The maximum Gasteiger partial charge on any atom is 0.501 e. The Morgan fingerprint density at radius 2 is 1.62 bits per heavy atom. The molecule has 1 saturated heterocycles. The summed E-state index contributed by atoms with van der Waals surface area (Å²) in [4.78, 5) is 27.8. The van der Waals surface area contributed by atoms with E-state index in [-0.39, 0.29) is 22.8 Å². The van der Waals surface area contributed by atoms with E-state index >= 15 is 0 Å². The zero-order valence-corrected chi connectivity index (χ0v) is 19.5. The number of carbonyl (C=O) groups is 2. The zero-order chi connectivity index (χ0) is 24.3. The van der Waals surface area contributed by atoms with Gasteiger partial charge in [-0.25, -0.2) is 8.42 Å². The van der Waals surface area contributed by atoms with Gasteiger partial charge in [0.1, 0.15) is 0 Å². The van der Waals surface area contributed by atoms with E-state index in [1.165, 1.54) is 4.90 Å². The number of rotatable bonds is 7. The molecule has 1 aromatic rings. The van der Waals surface area contributed by atoms with E-state index in [4.69, 9.17) is 0 Å². The summed E-state index contributed by atoms with van der Waals surface area (Å²) in [7, 11) is -1.51. The Kier molecular flexibility index (Phi) is 7.98. The highest BCUT2D eigenvalue weighted by Gasteiger charge is 2.46. The molecule has 0 aliphatic carbocycles. The Morgan fingerprint density at radius 1 is 1.09 bits per heavy atom. The van der Waals surface area contributed by atoms with Crippen molar-refractivity contribution in [3.8, 4) is 0 Å². The molecule has 0 bridgehead atoms. The standard InChI is InChI=1S/C21H30F3N3O4S/c1-20(2,14-26(3)4)13-25-18(28)15-9-11-27(12-10-15)19(29)16-5-7-17(8-6-16)32(30,31)21(22,23)24/h5-8,15H,9-14H2,1-4H3,(H,25,28). The van der Waals surface area contributed by atoms with E-state index in [1.807, 2.05) is 14.1 Å². The van der Waals surface area contributed by atoms with Crippen LogP contribution in [-0.2, 0) is 14.6 Å². The van der Waals surface area contributed by atoms with Crippen LogP contribution in [0, 0.1) is 11.3 Å². The minimum Gasteiger partial charge on any atom is -0.355 e. The third kappa shape index (κ3) is 6.44. The van der Waals surface area contributed by atoms with Gasteiger partial charge in [-0.15, -0.1) is 0 Å². The largest absolute Gasteiger partial charge is 0.501 e. The number of carbonyl (C=O) groups excluding carboxylic acids is 2. The normalized spacial score (nSPS) is 16.3. The number of hydrogen-bond donors (Lipinski definition) is 1. The molecule has 1 N–H and O–H groups in total. The highest BCUT2D eigenvalue weighted by molar-refractivity contribution is 7.92. The number of nitrogens with zero attached hydrogens (tertiary/aromatic N) is 2. The summed E-state index contributed by atoms with van der Waals surface area (Å²) in [5.41, 5.74) is -5.39. The average molecular weight is 478 g/mol. The van der Waals surface area contributed by atoms with Gasteiger partial charge in [0, 0.05) is 37.7 Å². The fraction of sp³-hybridized carbons (Fsp3) is 0.619. The predicted molar refractivity (Wildman–Crippen MR) is 114 cm³/mol. The molecule has 7 nitrogen and oxygen atoms in total. The second-order valence-corrected chi connectivity index (χ2v) is 11.1. The van der Waals surface area contributed by atoms with Crippen LogP contribution in [0.25, 0.3) is 0 Å². The number of hydrogen-bond acceptors (Lipinski definition) is 5.